The van der Waals surface area contributed by atoms with Crippen LogP contribution in [0.1, 0.15) is 5.69 Å². The first kappa shape index (κ1) is 8.39. The maximum atomic E-state index is 11.9. The summed E-state index contributed by atoms with van der Waals surface area (Å²) < 4.78 is 35.6. The van der Waals surface area contributed by atoms with Gasteiger partial charge in [-0.3, -0.25) is 4.98 Å². The van der Waals surface area contributed by atoms with Crippen LogP contribution in [0.25, 0.3) is 0 Å². The van der Waals surface area contributed by atoms with Gasteiger partial charge in [-0.05, 0) is 12.1 Å². The van der Waals surface area contributed by atoms with Crippen molar-refractivity contribution < 1.29 is 13.2 Å². The van der Waals surface area contributed by atoms with Crippen molar-refractivity contribution in [2.24, 2.45) is 0 Å². The lowest BCUT2D eigenvalue weighted by Gasteiger charge is -2.04. The minimum absolute atomic E-state index is 0.257. The van der Waals surface area contributed by atoms with Crippen molar-refractivity contribution in [3.8, 4) is 0 Å². The Labute approximate surface area is 66.7 Å². The van der Waals surface area contributed by atoms with Crippen molar-refractivity contribution >= 4 is 12.6 Å². The zero-order chi connectivity index (χ0) is 8.48. The molecular formula is C6H4F3NS. The molecule has 0 unspecified atom stereocenters. The number of pyridine rings is 1. The van der Waals surface area contributed by atoms with Gasteiger partial charge >= 0.3 is 6.18 Å². The number of rotatable bonds is 0. The molecule has 1 aromatic heterocycles. The van der Waals surface area contributed by atoms with Gasteiger partial charge in [-0.15, -0.1) is 12.6 Å². The number of hydrogen-bond acceptors (Lipinski definition) is 2. The van der Waals surface area contributed by atoms with Gasteiger partial charge in [-0.25, -0.2) is 0 Å². The van der Waals surface area contributed by atoms with E-state index in [2.05, 4.69) is 17.6 Å². The van der Waals surface area contributed by atoms with E-state index < -0.39 is 11.9 Å². The van der Waals surface area contributed by atoms with Crippen LogP contribution >= 0.6 is 12.6 Å². The molecular weight excluding hydrogens is 175 g/mol. The molecule has 60 valence electrons. The molecule has 1 aromatic rings. The molecule has 11 heavy (non-hydrogen) atoms. The molecule has 0 radical (unpaired) electrons. The molecule has 5 heteroatoms. The summed E-state index contributed by atoms with van der Waals surface area (Å²) in [6.07, 6.45) is -3.30. The van der Waals surface area contributed by atoms with Crippen LogP contribution < -0.4 is 0 Å². The van der Waals surface area contributed by atoms with Gasteiger partial charge < -0.3 is 0 Å². The summed E-state index contributed by atoms with van der Waals surface area (Å²) in [6.45, 7) is 0. The Bertz CT molecular complexity index is 258. The fourth-order valence-corrected chi connectivity index (χ4v) is 0.763. The predicted octanol–water partition coefficient (Wildman–Crippen LogP) is 2.39. The predicted molar refractivity (Wildman–Crippen MR) is 36.5 cm³/mol. The first-order chi connectivity index (χ1) is 5.00. The molecule has 0 bridgehead atoms. The zero-order valence-corrected chi connectivity index (χ0v) is 6.15. The lowest BCUT2D eigenvalue weighted by atomic mass is 10.3. The van der Waals surface area contributed by atoms with Crippen molar-refractivity contribution in [2.45, 2.75) is 11.1 Å². The Balaban J connectivity index is 3.06. The number of aromatic nitrogens is 1. The third-order valence-corrected chi connectivity index (χ3v) is 1.31. The molecule has 0 spiro atoms. The molecule has 1 rings (SSSR count). The molecule has 0 N–H and O–H groups in total. The van der Waals surface area contributed by atoms with E-state index in [1.165, 1.54) is 6.07 Å². The number of alkyl halides is 3. The Morgan fingerprint density at radius 3 is 2.36 bits per heavy atom. The summed E-state index contributed by atoms with van der Waals surface area (Å²) in [6, 6.07) is 2.27. The third kappa shape index (κ3) is 2.11. The lowest BCUT2D eigenvalue weighted by molar-refractivity contribution is -0.141. The highest BCUT2D eigenvalue weighted by Gasteiger charge is 2.32. The first-order valence-corrected chi connectivity index (χ1v) is 3.17. The maximum absolute atomic E-state index is 11.9. The van der Waals surface area contributed by atoms with E-state index in [1.54, 1.807) is 0 Å². The molecule has 0 fully saturated rings. The second-order valence-electron chi connectivity index (χ2n) is 1.90. The van der Waals surface area contributed by atoms with Gasteiger partial charge in [0.2, 0.25) is 0 Å². The molecule has 1 heterocycles. The minimum atomic E-state index is -4.38. The molecule has 0 aliphatic rings. The van der Waals surface area contributed by atoms with Crippen LogP contribution in [0.2, 0.25) is 0 Å². The molecule has 0 aliphatic heterocycles. The van der Waals surface area contributed by atoms with E-state index in [1.807, 2.05) is 0 Å². The van der Waals surface area contributed by atoms with Crippen LogP contribution in [-0.4, -0.2) is 4.98 Å². The largest absolute Gasteiger partial charge is 0.433 e. The maximum Gasteiger partial charge on any atom is 0.433 e. The molecule has 0 saturated heterocycles. The number of thiol groups is 1. The van der Waals surface area contributed by atoms with E-state index in [4.69, 9.17) is 0 Å². The summed E-state index contributed by atoms with van der Waals surface area (Å²) >= 11 is 3.75. The zero-order valence-electron chi connectivity index (χ0n) is 5.26. The fourth-order valence-electron chi connectivity index (χ4n) is 0.574. The fraction of sp³-hybridized carbons (Fsp3) is 0.167. The Morgan fingerprint density at radius 1 is 1.36 bits per heavy atom. The highest BCUT2D eigenvalue weighted by molar-refractivity contribution is 7.80. The van der Waals surface area contributed by atoms with Crippen LogP contribution in [0.4, 0.5) is 13.2 Å². The Morgan fingerprint density at radius 2 is 2.00 bits per heavy atom. The van der Waals surface area contributed by atoms with Crippen LogP contribution in [0.3, 0.4) is 0 Å². The summed E-state index contributed by atoms with van der Waals surface area (Å²) in [5.41, 5.74) is -0.912. The first-order valence-electron chi connectivity index (χ1n) is 2.72. The molecule has 0 saturated carbocycles. The molecule has 1 nitrogen and oxygen atoms in total. The Kier molecular flexibility index (Phi) is 2.08. The van der Waals surface area contributed by atoms with E-state index in [9.17, 15) is 13.2 Å². The monoisotopic (exact) mass is 179 g/mol. The summed E-state index contributed by atoms with van der Waals surface area (Å²) in [5.74, 6) is 0. The van der Waals surface area contributed by atoms with Crippen molar-refractivity contribution in [3.05, 3.63) is 24.0 Å². The van der Waals surface area contributed by atoms with E-state index in [-0.39, 0.29) is 4.90 Å². The molecule has 0 aliphatic carbocycles. The highest BCUT2D eigenvalue weighted by atomic mass is 32.1. The van der Waals surface area contributed by atoms with Gasteiger partial charge in [0.25, 0.3) is 0 Å². The van der Waals surface area contributed by atoms with Gasteiger partial charge in [0, 0.05) is 11.1 Å². The van der Waals surface area contributed by atoms with E-state index in [0.717, 1.165) is 12.3 Å². The summed E-state index contributed by atoms with van der Waals surface area (Å²) in [5, 5.41) is 0. The number of halogens is 3. The Hall–Kier alpha value is -0.710. The smallest absolute Gasteiger partial charge is 0.252 e. The second-order valence-corrected chi connectivity index (χ2v) is 2.41. The average molecular weight is 179 g/mol. The van der Waals surface area contributed by atoms with Crippen LogP contribution in [0, 0.1) is 0 Å². The standard InChI is InChI=1S/C6H4F3NS/c7-6(8,9)5-3-4(11)1-2-10-5/h1-3H,(H,10,11). The van der Waals surface area contributed by atoms with Gasteiger partial charge in [-0.2, -0.15) is 13.2 Å². The topological polar surface area (TPSA) is 12.9 Å². The molecule has 0 aromatic carbocycles. The molecule has 0 amide bonds. The van der Waals surface area contributed by atoms with Crippen LogP contribution in [0.5, 0.6) is 0 Å². The average Bonchev–Trinajstić information content (AvgIpc) is 1.86. The van der Waals surface area contributed by atoms with Gasteiger partial charge in [0.15, 0.2) is 0 Å². The van der Waals surface area contributed by atoms with Crippen LogP contribution in [-0.2, 0) is 6.18 Å². The summed E-state index contributed by atoms with van der Waals surface area (Å²) in [7, 11) is 0. The van der Waals surface area contributed by atoms with E-state index in [0.29, 0.717) is 0 Å². The minimum Gasteiger partial charge on any atom is -0.252 e. The van der Waals surface area contributed by atoms with Crippen molar-refractivity contribution in [1.82, 2.24) is 4.98 Å². The van der Waals surface area contributed by atoms with Crippen molar-refractivity contribution in [3.63, 3.8) is 0 Å². The second kappa shape index (κ2) is 2.73. The SMILES string of the molecule is FC(F)(F)c1cc(S)ccn1. The normalized spacial score (nSPS) is 11.6. The van der Waals surface area contributed by atoms with Crippen LogP contribution in [0.15, 0.2) is 23.2 Å². The molecule has 0 atom stereocenters. The number of hydrogen-bond donors (Lipinski definition) is 1. The van der Waals surface area contributed by atoms with Crippen molar-refractivity contribution in [1.29, 1.82) is 0 Å². The van der Waals surface area contributed by atoms with Crippen molar-refractivity contribution in [2.75, 3.05) is 0 Å². The quantitative estimate of drug-likeness (QED) is 0.603. The summed E-state index contributed by atoms with van der Waals surface area (Å²) in [4.78, 5) is 3.39. The van der Waals surface area contributed by atoms with Gasteiger partial charge in [-0.1, -0.05) is 0 Å². The highest BCUT2D eigenvalue weighted by Crippen LogP contribution is 2.28. The van der Waals surface area contributed by atoms with E-state index >= 15 is 0 Å². The third-order valence-electron chi connectivity index (χ3n) is 1.03. The number of nitrogens with zero attached hydrogens (tertiary/aromatic N) is 1. The van der Waals surface area contributed by atoms with Gasteiger partial charge in [0.05, 0.1) is 0 Å². The lowest BCUT2D eigenvalue weighted by Crippen LogP contribution is -2.06. The van der Waals surface area contributed by atoms with Gasteiger partial charge in [0.1, 0.15) is 5.69 Å².